The number of halogens is 1. The number of anilines is 2. The smallest absolute Gasteiger partial charge is 0.228 e. The van der Waals surface area contributed by atoms with E-state index in [9.17, 15) is 4.79 Å². The topological polar surface area (TPSA) is 106 Å². The zero-order valence-electron chi connectivity index (χ0n) is 8.83. The van der Waals surface area contributed by atoms with Crippen LogP contribution >= 0.6 is 11.6 Å². The van der Waals surface area contributed by atoms with E-state index < -0.39 is 0 Å². The maximum atomic E-state index is 10.5. The minimum atomic E-state index is -0.327. The van der Waals surface area contributed by atoms with E-state index in [4.69, 9.17) is 17.3 Å². The van der Waals surface area contributed by atoms with Crippen molar-refractivity contribution >= 4 is 29.4 Å². The van der Waals surface area contributed by atoms with Gasteiger partial charge in [0.1, 0.15) is 0 Å². The molecule has 88 valence electrons. The Hall–Kier alpha value is -1.63. The molecule has 0 fully saturated rings. The van der Waals surface area contributed by atoms with Crippen LogP contribution in [0, 0.1) is 0 Å². The molecular weight excluding hydrogens is 232 g/mol. The molecule has 1 heterocycles. The summed E-state index contributed by atoms with van der Waals surface area (Å²) in [6, 6.07) is 0. The van der Waals surface area contributed by atoms with Gasteiger partial charge >= 0.3 is 0 Å². The van der Waals surface area contributed by atoms with E-state index in [0.717, 1.165) is 0 Å². The van der Waals surface area contributed by atoms with Gasteiger partial charge in [-0.05, 0) is 18.0 Å². The summed E-state index contributed by atoms with van der Waals surface area (Å²) in [6.45, 7) is 0.548. The highest BCUT2D eigenvalue weighted by atomic mass is 35.5. The van der Waals surface area contributed by atoms with Crippen molar-refractivity contribution in [1.82, 2.24) is 15.0 Å². The van der Waals surface area contributed by atoms with Crippen LogP contribution in [-0.2, 0) is 4.79 Å². The first-order valence-corrected chi connectivity index (χ1v) is 5.11. The molecule has 0 saturated carbocycles. The maximum Gasteiger partial charge on any atom is 0.228 e. The minimum absolute atomic E-state index is 0.108. The lowest BCUT2D eigenvalue weighted by Crippen LogP contribution is -2.14. The zero-order valence-corrected chi connectivity index (χ0v) is 9.58. The molecule has 0 aliphatic carbocycles. The summed E-state index contributed by atoms with van der Waals surface area (Å²) in [7, 11) is 1.68. The monoisotopic (exact) mass is 244 g/mol. The van der Waals surface area contributed by atoms with Gasteiger partial charge in [-0.1, -0.05) is 0 Å². The Balaban J connectivity index is 2.47. The predicted octanol–water partition coefficient (Wildman–Crippen LogP) is 0.244. The average molecular weight is 245 g/mol. The molecule has 0 unspecified atom stereocenters. The van der Waals surface area contributed by atoms with Gasteiger partial charge in [-0.25, -0.2) is 0 Å². The zero-order chi connectivity index (χ0) is 12.0. The Bertz CT molecular complexity index is 372. The highest BCUT2D eigenvalue weighted by molar-refractivity contribution is 6.28. The molecule has 4 N–H and O–H groups in total. The lowest BCUT2D eigenvalue weighted by molar-refractivity contribution is -0.118. The molecule has 0 aliphatic heterocycles. The van der Waals surface area contributed by atoms with Crippen molar-refractivity contribution in [3.05, 3.63) is 5.28 Å². The maximum absolute atomic E-state index is 10.5. The van der Waals surface area contributed by atoms with E-state index in [1.807, 2.05) is 0 Å². The quantitative estimate of drug-likeness (QED) is 0.619. The minimum Gasteiger partial charge on any atom is -0.370 e. The van der Waals surface area contributed by atoms with Crippen LogP contribution < -0.4 is 16.4 Å². The Labute approximate surface area is 97.8 Å². The number of nitrogens with one attached hydrogen (secondary N) is 2. The predicted molar refractivity (Wildman–Crippen MR) is 61.3 cm³/mol. The standard InChI is InChI=1S/C8H13ClN6O/c1-11-7-13-6(9)14-8(15-7)12-4-2-3-5(10)16/h2-4H2,1H3,(H2,10,16)(H2,11,12,13,14,15). The fourth-order valence-electron chi connectivity index (χ4n) is 1.00. The van der Waals surface area contributed by atoms with Gasteiger partial charge in [0.15, 0.2) is 0 Å². The molecule has 0 radical (unpaired) electrons. The van der Waals surface area contributed by atoms with Gasteiger partial charge in [-0.2, -0.15) is 15.0 Å². The summed E-state index contributed by atoms with van der Waals surface area (Å²) in [4.78, 5) is 22.2. The van der Waals surface area contributed by atoms with Crippen LogP contribution in [0.2, 0.25) is 5.28 Å². The third-order valence-corrected chi connectivity index (χ3v) is 1.88. The summed E-state index contributed by atoms with van der Waals surface area (Å²) in [5.41, 5.74) is 5.00. The summed E-state index contributed by atoms with van der Waals surface area (Å²) in [5.74, 6) is 0.428. The van der Waals surface area contributed by atoms with Crippen molar-refractivity contribution in [2.45, 2.75) is 12.8 Å². The summed E-state index contributed by atoms with van der Waals surface area (Å²) in [6.07, 6.45) is 0.943. The van der Waals surface area contributed by atoms with Crippen molar-refractivity contribution in [2.75, 3.05) is 24.2 Å². The van der Waals surface area contributed by atoms with Crippen molar-refractivity contribution in [3.8, 4) is 0 Å². The van der Waals surface area contributed by atoms with Gasteiger partial charge in [0.05, 0.1) is 0 Å². The molecule has 1 amide bonds. The Morgan fingerprint density at radius 1 is 1.38 bits per heavy atom. The molecule has 0 spiro atoms. The van der Waals surface area contributed by atoms with E-state index in [2.05, 4.69) is 25.6 Å². The fraction of sp³-hybridized carbons (Fsp3) is 0.500. The molecule has 7 nitrogen and oxygen atoms in total. The van der Waals surface area contributed by atoms with E-state index in [1.165, 1.54) is 0 Å². The Kier molecular flexibility index (Phi) is 4.71. The largest absolute Gasteiger partial charge is 0.370 e. The number of amides is 1. The molecular formula is C8H13ClN6O. The number of hydrogen-bond acceptors (Lipinski definition) is 6. The van der Waals surface area contributed by atoms with Crippen LogP contribution in [0.3, 0.4) is 0 Å². The van der Waals surface area contributed by atoms with Gasteiger partial charge in [0.2, 0.25) is 23.1 Å². The molecule has 0 saturated heterocycles. The summed E-state index contributed by atoms with van der Waals surface area (Å²) in [5, 5.41) is 5.79. The number of primary amides is 1. The highest BCUT2D eigenvalue weighted by Gasteiger charge is 2.03. The number of rotatable bonds is 6. The number of carbonyl (C=O) groups is 1. The number of carbonyl (C=O) groups excluding carboxylic acids is 1. The molecule has 0 bridgehead atoms. The third-order valence-electron chi connectivity index (χ3n) is 1.71. The molecule has 8 heteroatoms. The van der Waals surface area contributed by atoms with E-state index in [0.29, 0.717) is 31.3 Å². The average Bonchev–Trinajstić information content (AvgIpc) is 2.23. The van der Waals surface area contributed by atoms with Crippen molar-refractivity contribution in [3.63, 3.8) is 0 Å². The molecule has 16 heavy (non-hydrogen) atoms. The molecule has 0 aliphatic rings. The molecule has 0 aromatic carbocycles. The molecule has 1 aromatic heterocycles. The fourth-order valence-corrected chi connectivity index (χ4v) is 1.16. The number of hydrogen-bond donors (Lipinski definition) is 3. The normalized spacial score (nSPS) is 9.88. The van der Waals surface area contributed by atoms with E-state index >= 15 is 0 Å². The molecule has 0 atom stereocenters. The second-order valence-corrected chi connectivity index (χ2v) is 3.34. The van der Waals surface area contributed by atoms with Crippen molar-refractivity contribution in [1.29, 1.82) is 0 Å². The Morgan fingerprint density at radius 2 is 2.06 bits per heavy atom. The van der Waals surface area contributed by atoms with Crippen LogP contribution in [0.25, 0.3) is 0 Å². The van der Waals surface area contributed by atoms with Gasteiger partial charge in [0.25, 0.3) is 0 Å². The first kappa shape index (κ1) is 12.4. The highest BCUT2D eigenvalue weighted by Crippen LogP contribution is 2.08. The summed E-state index contributed by atoms with van der Waals surface area (Å²) >= 11 is 5.68. The van der Waals surface area contributed by atoms with Gasteiger partial charge < -0.3 is 16.4 Å². The molecule has 1 rings (SSSR count). The van der Waals surface area contributed by atoms with Crippen LogP contribution in [-0.4, -0.2) is 34.5 Å². The second-order valence-electron chi connectivity index (χ2n) is 3.00. The first-order chi connectivity index (χ1) is 7.61. The molecule has 1 aromatic rings. The van der Waals surface area contributed by atoms with Gasteiger partial charge in [0, 0.05) is 20.0 Å². The number of nitrogens with two attached hydrogens (primary N) is 1. The first-order valence-electron chi connectivity index (χ1n) is 4.73. The number of aromatic nitrogens is 3. The van der Waals surface area contributed by atoms with Gasteiger partial charge in [-0.3, -0.25) is 4.79 Å². The van der Waals surface area contributed by atoms with Crippen LogP contribution in [0.5, 0.6) is 0 Å². The SMILES string of the molecule is CNc1nc(Cl)nc(NCCCC(N)=O)n1. The van der Waals surface area contributed by atoms with E-state index in [-0.39, 0.29) is 11.2 Å². The lowest BCUT2D eigenvalue weighted by atomic mass is 10.3. The number of nitrogens with zero attached hydrogens (tertiary/aromatic N) is 3. The van der Waals surface area contributed by atoms with Crippen molar-refractivity contribution < 1.29 is 4.79 Å². The van der Waals surface area contributed by atoms with E-state index in [1.54, 1.807) is 7.05 Å². The van der Waals surface area contributed by atoms with Crippen LogP contribution in [0.15, 0.2) is 0 Å². The second kappa shape index (κ2) is 6.06. The van der Waals surface area contributed by atoms with Gasteiger partial charge in [-0.15, -0.1) is 0 Å². The van der Waals surface area contributed by atoms with Crippen molar-refractivity contribution in [2.24, 2.45) is 5.73 Å². The summed E-state index contributed by atoms with van der Waals surface area (Å²) < 4.78 is 0. The van der Waals surface area contributed by atoms with Crippen LogP contribution in [0.4, 0.5) is 11.9 Å². The Morgan fingerprint density at radius 3 is 2.69 bits per heavy atom. The van der Waals surface area contributed by atoms with Crippen LogP contribution in [0.1, 0.15) is 12.8 Å². The third kappa shape index (κ3) is 4.26. The lowest BCUT2D eigenvalue weighted by Gasteiger charge is -2.05.